The fourth-order valence-electron chi connectivity index (χ4n) is 3.95. The van der Waals surface area contributed by atoms with Crippen molar-refractivity contribution in [2.75, 3.05) is 13.1 Å². The topological polar surface area (TPSA) is 59.5 Å². The number of piperidine rings is 1. The molecule has 4 nitrogen and oxygen atoms in total. The summed E-state index contributed by atoms with van der Waals surface area (Å²) in [4.78, 5) is 14.7. The number of fused-ring (bicyclic) bond motifs is 1. The van der Waals surface area contributed by atoms with Crippen molar-refractivity contribution in [3.63, 3.8) is 0 Å². The Morgan fingerprint density at radius 2 is 1.96 bits per heavy atom. The zero-order valence-electron chi connectivity index (χ0n) is 15.8. The number of hydrogen-bond acceptors (Lipinski definition) is 3. The average Bonchev–Trinajstić information content (AvgIpc) is 2.95. The van der Waals surface area contributed by atoms with Crippen LogP contribution in [0.5, 0.6) is 0 Å². The lowest BCUT2D eigenvalue weighted by Gasteiger charge is -2.33. The molecule has 1 aromatic carbocycles. The highest BCUT2D eigenvalue weighted by Crippen LogP contribution is 2.29. The Hall–Kier alpha value is -1.81. The molecule has 0 aliphatic carbocycles. The van der Waals surface area contributed by atoms with Gasteiger partial charge in [-0.3, -0.25) is 4.79 Å². The van der Waals surface area contributed by atoms with Crippen LogP contribution in [0.3, 0.4) is 0 Å². The summed E-state index contributed by atoms with van der Waals surface area (Å²) in [5, 5.41) is 1.08. The van der Waals surface area contributed by atoms with Crippen LogP contribution in [0.1, 0.15) is 56.2 Å². The van der Waals surface area contributed by atoms with Gasteiger partial charge in [0.1, 0.15) is 5.58 Å². The van der Waals surface area contributed by atoms with E-state index in [9.17, 15) is 4.79 Å². The van der Waals surface area contributed by atoms with Crippen molar-refractivity contribution in [3.8, 4) is 0 Å². The van der Waals surface area contributed by atoms with Gasteiger partial charge >= 0.3 is 0 Å². The van der Waals surface area contributed by atoms with Crippen molar-refractivity contribution in [2.45, 2.75) is 58.9 Å². The second-order valence-electron chi connectivity index (χ2n) is 7.87. The molecular weight excluding hydrogens is 312 g/mol. The Kier molecular flexibility index (Phi) is 5.19. The fourth-order valence-corrected chi connectivity index (χ4v) is 3.95. The van der Waals surface area contributed by atoms with Crippen molar-refractivity contribution in [1.82, 2.24) is 4.90 Å². The van der Waals surface area contributed by atoms with Crippen molar-refractivity contribution < 1.29 is 9.21 Å². The fraction of sp³-hybridized carbons (Fsp3) is 0.571. The van der Waals surface area contributed by atoms with E-state index < -0.39 is 0 Å². The highest BCUT2D eigenvalue weighted by molar-refractivity contribution is 5.88. The Labute approximate surface area is 150 Å². The maximum Gasteiger partial charge on any atom is 0.227 e. The molecule has 2 heterocycles. The summed E-state index contributed by atoms with van der Waals surface area (Å²) >= 11 is 0. The molecule has 2 N–H and O–H groups in total. The van der Waals surface area contributed by atoms with Gasteiger partial charge in [-0.25, -0.2) is 0 Å². The summed E-state index contributed by atoms with van der Waals surface area (Å²) in [5.41, 5.74) is 10.4. The van der Waals surface area contributed by atoms with Crippen LogP contribution in [0.15, 0.2) is 22.8 Å². The Morgan fingerprint density at radius 1 is 1.28 bits per heavy atom. The molecule has 3 rings (SSSR count). The quantitative estimate of drug-likeness (QED) is 0.914. The number of aryl methyl sites for hydroxylation is 1. The van der Waals surface area contributed by atoms with Gasteiger partial charge in [0.2, 0.25) is 5.91 Å². The molecule has 0 bridgehead atoms. The van der Waals surface area contributed by atoms with Crippen LogP contribution in [-0.2, 0) is 11.2 Å². The van der Waals surface area contributed by atoms with Crippen LogP contribution >= 0.6 is 0 Å². The van der Waals surface area contributed by atoms with E-state index in [1.54, 1.807) is 6.26 Å². The number of amides is 1. The molecule has 136 valence electrons. The van der Waals surface area contributed by atoms with Gasteiger partial charge in [0.05, 0.1) is 12.7 Å². The van der Waals surface area contributed by atoms with Crippen LogP contribution in [0.2, 0.25) is 0 Å². The largest absolute Gasteiger partial charge is 0.464 e. The average molecular weight is 342 g/mol. The van der Waals surface area contributed by atoms with Crippen molar-refractivity contribution >= 4 is 16.9 Å². The lowest BCUT2D eigenvalue weighted by Crippen LogP contribution is -2.43. The number of hydrogen-bond donors (Lipinski definition) is 1. The molecule has 1 aliphatic rings. The summed E-state index contributed by atoms with van der Waals surface area (Å²) in [6, 6.07) is 4.50. The molecule has 0 spiro atoms. The van der Waals surface area contributed by atoms with Gasteiger partial charge in [-0.05, 0) is 61.8 Å². The molecule has 25 heavy (non-hydrogen) atoms. The number of rotatable bonds is 4. The molecule has 1 aliphatic heterocycles. The lowest BCUT2D eigenvalue weighted by molar-refractivity contribution is -0.131. The summed E-state index contributed by atoms with van der Waals surface area (Å²) < 4.78 is 5.71. The molecule has 1 unspecified atom stereocenters. The van der Waals surface area contributed by atoms with Crippen LogP contribution in [0.4, 0.5) is 0 Å². The maximum atomic E-state index is 12.7. The zero-order valence-corrected chi connectivity index (χ0v) is 15.8. The standard InChI is InChI=1S/C21H30N2O2/c1-13(2)18-11-19-17(12-25-20(19)9-14(18)3)10-21(24)23-7-5-16(6-8-23)15(4)22/h9,11-13,15-16H,5-8,10,22H2,1-4H3. The summed E-state index contributed by atoms with van der Waals surface area (Å²) in [7, 11) is 0. The van der Waals surface area contributed by atoms with Crippen LogP contribution in [0.25, 0.3) is 11.0 Å². The Bertz CT molecular complexity index is 753. The predicted octanol–water partition coefficient (Wildman–Crippen LogP) is 3.99. The first-order valence-electron chi connectivity index (χ1n) is 9.40. The molecule has 1 aromatic heterocycles. The van der Waals surface area contributed by atoms with E-state index in [2.05, 4.69) is 39.8 Å². The number of furan rings is 1. The Morgan fingerprint density at radius 3 is 2.56 bits per heavy atom. The van der Waals surface area contributed by atoms with Crippen molar-refractivity contribution in [3.05, 3.63) is 35.1 Å². The number of likely N-dealkylation sites (tertiary alicyclic amines) is 1. The van der Waals surface area contributed by atoms with Gasteiger partial charge in [-0.1, -0.05) is 13.8 Å². The number of benzene rings is 1. The molecule has 2 aromatic rings. The van der Waals surface area contributed by atoms with E-state index in [0.29, 0.717) is 18.3 Å². The smallest absolute Gasteiger partial charge is 0.227 e. The molecule has 1 atom stereocenters. The van der Waals surface area contributed by atoms with Gasteiger partial charge in [0.25, 0.3) is 0 Å². The van der Waals surface area contributed by atoms with E-state index in [1.165, 1.54) is 11.1 Å². The van der Waals surface area contributed by atoms with Gasteiger partial charge in [-0.15, -0.1) is 0 Å². The monoisotopic (exact) mass is 342 g/mol. The zero-order chi connectivity index (χ0) is 18.1. The van der Waals surface area contributed by atoms with E-state index >= 15 is 0 Å². The number of nitrogens with zero attached hydrogens (tertiary/aromatic N) is 1. The Balaban J connectivity index is 1.75. The molecule has 1 fully saturated rings. The molecule has 0 radical (unpaired) electrons. The van der Waals surface area contributed by atoms with Crippen molar-refractivity contribution in [1.29, 1.82) is 0 Å². The summed E-state index contributed by atoms with van der Waals surface area (Å²) in [6.07, 6.45) is 4.18. The first-order valence-corrected chi connectivity index (χ1v) is 9.40. The van der Waals surface area contributed by atoms with Gasteiger partial charge in [-0.2, -0.15) is 0 Å². The molecule has 4 heteroatoms. The molecule has 0 saturated carbocycles. The third kappa shape index (κ3) is 3.74. The molecular formula is C21H30N2O2. The van der Waals surface area contributed by atoms with Gasteiger partial charge in [0.15, 0.2) is 0 Å². The first-order chi connectivity index (χ1) is 11.9. The van der Waals surface area contributed by atoms with Crippen LogP contribution < -0.4 is 5.73 Å². The number of carbonyl (C=O) groups is 1. The maximum absolute atomic E-state index is 12.7. The third-order valence-corrected chi connectivity index (χ3v) is 5.64. The van der Waals surface area contributed by atoms with E-state index in [0.717, 1.165) is 42.5 Å². The highest BCUT2D eigenvalue weighted by atomic mass is 16.3. The van der Waals surface area contributed by atoms with Gasteiger partial charge in [0, 0.05) is 30.1 Å². The normalized spacial score (nSPS) is 17.4. The minimum Gasteiger partial charge on any atom is -0.464 e. The van der Waals surface area contributed by atoms with Gasteiger partial charge < -0.3 is 15.1 Å². The van der Waals surface area contributed by atoms with Crippen LogP contribution in [0, 0.1) is 12.8 Å². The number of nitrogens with two attached hydrogens (primary N) is 1. The SMILES string of the molecule is Cc1cc2occ(CC(=O)N3CCC(C(C)N)CC3)c2cc1C(C)C. The summed E-state index contributed by atoms with van der Waals surface area (Å²) in [5.74, 6) is 1.19. The minimum atomic E-state index is 0.192. The van der Waals surface area contributed by atoms with E-state index in [4.69, 9.17) is 10.2 Å². The van der Waals surface area contributed by atoms with E-state index in [-0.39, 0.29) is 11.9 Å². The second kappa shape index (κ2) is 7.20. The lowest BCUT2D eigenvalue weighted by atomic mass is 9.90. The summed E-state index contributed by atoms with van der Waals surface area (Å²) in [6.45, 7) is 10.2. The third-order valence-electron chi connectivity index (χ3n) is 5.64. The highest BCUT2D eigenvalue weighted by Gasteiger charge is 2.25. The molecule has 1 amide bonds. The van der Waals surface area contributed by atoms with Crippen LogP contribution in [-0.4, -0.2) is 29.9 Å². The molecule has 1 saturated heterocycles. The minimum absolute atomic E-state index is 0.192. The van der Waals surface area contributed by atoms with E-state index in [1.807, 2.05) is 4.90 Å². The second-order valence-corrected chi connectivity index (χ2v) is 7.87. The first kappa shape index (κ1) is 18.0. The van der Waals surface area contributed by atoms with Crippen molar-refractivity contribution in [2.24, 2.45) is 11.7 Å². The number of carbonyl (C=O) groups excluding carboxylic acids is 1. The predicted molar refractivity (Wildman–Crippen MR) is 102 cm³/mol.